The molecule has 2 amide bonds. The molecule has 0 saturated carbocycles. The van der Waals surface area contributed by atoms with Gasteiger partial charge in [0.15, 0.2) is 11.6 Å². The lowest BCUT2D eigenvalue weighted by atomic mass is 9.79. The Bertz CT molecular complexity index is 2700. The molecule has 2 aliphatic rings. The lowest BCUT2D eigenvalue weighted by molar-refractivity contribution is -0.144. The van der Waals surface area contributed by atoms with Gasteiger partial charge in [-0.05, 0) is 159 Å². The molecule has 0 spiro atoms. The van der Waals surface area contributed by atoms with E-state index in [0.717, 1.165) is 25.7 Å². The summed E-state index contributed by atoms with van der Waals surface area (Å²) in [6.45, 7) is 1.83. The third-order valence-electron chi connectivity index (χ3n) is 13.4. The molecule has 0 radical (unpaired) electrons. The van der Waals surface area contributed by atoms with E-state index in [1.54, 1.807) is 18.2 Å². The number of nitrogens with one attached hydrogen (secondary N) is 2. The summed E-state index contributed by atoms with van der Waals surface area (Å²) < 4.78 is 158. The van der Waals surface area contributed by atoms with Gasteiger partial charge in [0.1, 0.15) is 5.78 Å². The van der Waals surface area contributed by atoms with Crippen molar-refractivity contribution in [1.29, 1.82) is 0 Å². The van der Waals surface area contributed by atoms with Crippen LogP contribution in [0.3, 0.4) is 0 Å². The first-order valence-electron chi connectivity index (χ1n) is 25.3. The number of fused-ring (bicyclic) bond motifs is 2. The van der Waals surface area contributed by atoms with Gasteiger partial charge in [0.2, 0.25) is 11.8 Å². The van der Waals surface area contributed by atoms with E-state index in [0.29, 0.717) is 116 Å². The lowest BCUT2D eigenvalue weighted by Crippen LogP contribution is -2.25. The van der Waals surface area contributed by atoms with Crippen LogP contribution in [-0.4, -0.2) is 40.2 Å². The molecule has 4 aromatic carbocycles. The number of halogens is 12. The molecule has 9 nitrogen and oxygen atoms in total. The smallest absolute Gasteiger partial charge is 0.416 e. The minimum atomic E-state index is -4.96. The number of anilines is 2. The van der Waals surface area contributed by atoms with E-state index < -0.39 is 64.8 Å². The quantitative estimate of drug-likeness (QED) is 0.0556. The predicted octanol–water partition coefficient (Wildman–Crippen LogP) is 15.0. The summed E-state index contributed by atoms with van der Waals surface area (Å²) in [5.41, 5.74) is -3.00. The van der Waals surface area contributed by atoms with Crippen LogP contribution >= 0.6 is 0 Å². The van der Waals surface area contributed by atoms with Crippen molar-refractivity contribution < 1.29 is 86.6 Å². The normalized spacial score (nSPS) is 15.7. The van der Waals surface area contributed by atoms with E-state index in [2.05, 4.69) is 10.6 Å². The Morgan fingerprint density at radius 1 is 0.481 bits per heavy atom. The molecule has 3 N–H and O–H groups in total. The summed E-state index contributed by atoms with van der Waals surface area (Å²) in [5.74, 6) is -3.26. The number of ketones is 3. The number of benzene rings is 4. The maximum atomic E-state index is 13.2. The summed E-state index contributed by atoms with van der Waals surface area (Å²) in [4.78, 5) is 72.4. The van der Waals surface area contributed by atoms with Gasteiger partial charge in [0.05, 0.1) is 22.3 Å². The van der Waals surface area contributed by atoms with Crippen LogP contribution in [0.4, 0.5) is 64.1 Å². The lowest BCUT2D eigenvalue weighted by Gasteiger charge is -2.24. The molecular weight excluding hydrogens is 1040 g/mol. The first-order valence-corrected chi connectivity index (χ1v) is 25.3. The summed E-state index contributed by atoms with van der Waals surface area (Å²) in [6.07, 6.45) is -11.5. The highest BCUT2D eigenvalue weighted by Crippen LogP contribution is 2.40. The van der Waals surface area contributed by atoms with E-state index in [1.165, 1.54) is 18.2 Å². The second kappa shape index (κ2) is 26.7. The van der Waals surface area contributed by atoms with Gasteiger partial charge in [-0.25, -0.2) is 0 Å². The van der Waals surface area contributed by atoms with Gasteiger partial charge >= 0.3 is 30.7 Å². The molecule has 0 saturated heterocycles. The number of carbonyl (C=O) groups excluding carboxylic acids is 5. The highest BCUT2D eigenvalue weighted by atomic mass is 19.4. The number of carbonyl (C=O) groups is 6. The summed E-state index contributed by atoms with van der Waals surface area (Å²) in [5, 5.41) is 14.2. The van der Waals surface area contributed by atoms with Crippen molar-refractivity contribution in [2.75, 3.05) is 10.6 Å². The molecule has 2 aliphatic carbocycles. The van der Waals surface area contributed by atoms with Crippen molar-refractivity contribution >= 4 is 46.5 Å². The van der Waals surface area contributed by atoms with Crippen LogP contribution in [0.15, 0.2) is 72.8 Å². The first-order chi connectivity index (χ1) is 36.0. The summed E-state index contributed by atoms with van der Waals surface area (Å²) in [6, 6.07) is 12.3. The van der Waals surface area contributed by atoms with Crippen molar-refractivity contribution in [2.45, 2.75) is 154 Å². The van der Waals surface area contributed by atoms with Gasteiger partial charge in [-0.15, -0.1) is 0 Å². The fraction of sp³-hybridized carbons (Fsp3) is 0.464. The van der Waals surface area contributed by atoms with Crippen LogP contribution in [-0.2, 0) is 69.6 Å². The number of alkyl halides is 12. The third kappa shape index (κ3) is 18.9. The average Bonchev–Trinajstić information content (AvgIpc) is 3.34. The first kappa shape index (κ1) is 61.3. The van der Waals surface area contributed by atoms with E-state index >= 15 is 0 Å². The Morgan fingerprint density at radius 3 is 1.14 bits per heavy atom. The molecule has 6 rings (SSSR count). The maximum Gasteiger partial charge on any atom is 0.416 e. The Kier molecular flexibility index (Phi) is 21.2. The molecule has 4 aromatic rings. The average molecular weight is 1100 g/mol. The molecule has 2 unspecified atom stereocenters. The number of carboxylic acid groups (broad SMARTS) is 1. The third-order valence-corrected chi connectivity index (χ3v) is 13.4. The zero-order valence-electron chi connectivity index (χ0n) is 42.0. The van der Waals surface area contributed by atoms with E-state index in [1.807, 2.05) is 6.92 Å². The topological polar surface area (TPSA) is 147 Å². The molecule has 418 valence electrons. The highest BCUT2D eigenvalue weighted by Gasteiger charge is 2.39. The zero-order chi connectivity index (χ0) is 56.9. The van der Waals surface area contributed by atoms with Crippen LogP contribution in [0, 0.1) is 11.8 Å². The summed E-state index contributed by atoms with van der Waals surface area (Å²) >= 11 is 0. The van der Waals surface area contributed by atoms with E-state index in [-0.39, 0.29) is 90.9 Å². The van der Waals surface area contributed by atoms with E-state index in [9.17, 15) is 81.5 Å². The Hall–Kier alpha value is -6.54. The maximum absolute atomic E-state index is 13.2. The SMILES string of the molecule is CCC(=O)CCCCCCC(=O)Nc1ccc2c(c1)CCC(Cc1cc(C(F)(F)F)cc(C(F)(F)F)c1)C2=O.O=C(O)CCCCCCC(=O)Nc1ccc2c(c1)CCC(Cc1cc(C(F)(F)F)cc(C(F)(F)F)c1)C2=O. The van der Waals surface area contributed by atoms with Gasteiger partial charge in [0, 0.05) is 66.4 Å². The van der Waals surface area contributed by atoms with Crippen LogP contribution in [0.2, 0.25) is 0 Å². The van der Waals surface area contributed by atoms with Gasteiger partial charge < -0.3 is 15.7 Å². The van der Waals surface area contributed by atoms with Crippen molar-refractivity contribution in [3.8, 4) is 0 Å². The molecular formula is C56H58F12N2O7. The standard InChI is InChI=1S/C29H31F6NO3.C27H27F6NO4/c1-2-24(37)7-5-3-4-6-8-26(38)36-23-11-12-25-19(16-23)9-10-20(27(25)39)13-18-14-21(28(30,31)32)17-22(15-18)29(33,34)35;28-26(29,30)19-12-16(13-20(15-19)27(31,32)33)11-18-8-7-17-14-21(9-10-22(17)25(18)38)34-23(35)5-3-1-2-4-6-24(36)37/h11-12,14-17,20H,2-10,13H2,1H3,(H,36,38);9-10,12-15,18H,1-8,11H2,(H,34,35)(H,36,37). The van der Waals surface area contributed by atoms with Crippen molar-refractivity contribution in [1.82, 2.24) is 0 Å². The van der Waals surface area contributed by atoms with Crippen LogP contribution in [0.25, 0.3) is 0 Å². The van der Waals surface area contributed by atoms with Crippen molar-refractivity contribution in [3.05, 3.63) is 128 Å². The molecule has 0 bridgehead atoms. The number of hydrogen-bond donors (Lipinski definition) is 3. The number of Topliss-reactive ketones (excluding diaryl/α,β-unsaturated/α-hetero) is 3. The number of aryl methyl sites for hydroxylation is 2. The van der Waals surface area contributed by atoms with Gasteiger partial charge in [0.25, 0.3) is 0 Å². The minimum absolute atomic E-state index is 0.0663. The Balaban J connectivity index is 0.000000284. The highest BCUT2D eigenvalue weighted by molar-refractivity contribution is 6.02. The number of amides is 2. The minimum Gasteiger partial charge on any atom is -0.481 e. The van der Waals surface area contributed by atoms with Crippen LogP contribution < -0.4 is 10.6 Å². The zero-order valence-corrected chi connectivity index (χ0v) is 42.0. The largest absolute Gasteiger partial charge is 0.481 e. The Labute approximate surface area is 436 Å². The van der Waals surface area contributed by atoms with Crippen molar-refractivity contribution in [2.24, 2.45) is 11.8 Å². The molecule has 21 heteroatoms. The monoisotopic (exact) mass is 1100 g/mol. The number of unbranched alkanes of at least 4 members (excludes halogenated alkanes) is 6. The molecule has 2 atom stereocenters. The van der Waals surface area contributed by atoms with Gasteiger partial charge in [-0.2, -0.15) is 52.7 Å². The number of hydrogen-bond acceptors (Lipinski definition) is 6. The van der Waals surface area contributed by atoms with E-state index in [4.69, 9.17) is 5.11 Å². The number of rotatable bonds is 21. The summed E-state index contributed by atoms with van der Waals surface area (Å²) in [7, 11) is 0. The second-order valence-electron chi connectivity index (χ2n) is 19.4. The van der Waals surface area contributed by atoms with Crippen LogP contribution in [0.5, 0.6) is 0 Å². The fourth-order valence-corrected chi connectivity index (χ4v) is 9.33. The molecule has 77 heavy (non-hydrogen) atoms. The Morgan fingerprint density at radius 2 is 0.818 bits per heavy atom. The molecule has 0 heterocycles. The van der Waals surface area contributed by atoms with Gasteiger partial charge in [-0.1, -0.05) is 32.6 Å². The van der Waals surface area contributed by atoms with Gasteiger partial charge in [-0.3, -0.25) is 28.8 Å². The number of aliphatic carboxylic acids is 1. The second-order valence-corrected chi connectivity index (χ2v) is 19.4. The van der Waals surface area contributed by atoms with Crippen molar-refractivity contribution in [3.63, 3.8) is 0 Å². The number of carboxylic acids is 1. The fourth-order valence-electron chi connectivity index (χ4n) is 9.33. The molecule has 0 fully saturated rings. The molecule has 0 aromatic heterocycles. The predicted molar refractivity (Wildman–Crippen MR) is 261 cm³/mol. The van der Waals surface area contributed by atoms with Crippen LogP contribution in [0.1, 0.15) is 168 Å². The molecule has 0 aliphatic heterocycles.